The number of hydrogen-bond donors (Lipinski definition) is 1. The zero-order chi connectivity index (χ0) is 16.8. The first-order valence-electron chi connectivity index (χ1n) is 7.94. The highest BCUT2D eigenvalue weighted by Gasteiger charge is 2.19. The van der Waals surface area contributed by atoms with Gasteiger partial charge in [0.25, 0.3) is 0 Å². The molecule has 5 nitrogen and oxygen atoms in total. The third-order valence-electron chi connectivity index (χ3n) is 3.75. The van der Waals surface area contributed by atoms with Gasteiger partial charge in [-0.2, -0.15) is 0 Å². The highest BCUT2D eigenvalue weighted by molar-refractivity contribution is 5.91. The third-order valence-corrected chi connectivity index (χ3v) is 3.75. The molecule has 2 heterocycles. The zero-order valence-electron chi connectivity index (χ0n) is 13.2. The number of benzene rings is 1. The Morgan fingerprint density at radius 1 is 1.38 bits per heavy atom. The van der Waals surface area contributed by atoms with Crippen LogP contribution in [0.25, 0.3) is 0 Å². The van der Waals surface area contributed by atoms with E-state index in [2.05, 4.69) is 10.3 Å². The molecule has 3 rings (SSSR count). The summed E-state index contributed by atoms with van der Waals surface area (Å²) in [5.74, 6) is -0.581. The summed E-state index contributed by atoms with van der Waals surface area (Å²) in [7, 11) is 0. The highest BCUT2D eigenvalue weighted by Crippen LogP contribution is 2.23. The second-order valence-corrected chi connectivity index (χ2v) is 5.64. The van der Waals surface area contributed by atoms with Gasteiger partial charge in [-0.05, 0) is 37.1 Å². The molecule has 1 aliphatic rings. The van der Waals surface area contributed by atoms with Crippen molar-refractivity contribution in [2.75, 3.05) is 11.9 Å². The van der Waals surface area contributed by atoms with E-state index in [0.717, 1.165) is 12.8 Å². The Balaban J connectivity index is 1.54. The van der Waals surface area contributed by atoms with Crippen LogP contribution in [-0.4, -0.2) is 23.6 Å². The van der Waals surface area contributed by atoms with Gasteiger partial charge in [0, 0.05) is 24.6 Å². The van der Waals surface area contributed by atoms with Crippen molar-refractivity contribution in [3.8, 4) is 5.75 Å². The van der Waals surface area contributed by atoms with Gasteiger partial charge in [0.1, 0.15) is 6.61 Å². The van der Waals surface area contributed by atoms with Gasteiger partial charge in [0.05, 0.1) is 18.2 Å². The average Bonchev–Trinajstić information content (AvgIpc) is 3.08. The predicted octanol–water partition coefficient (Wildman–Crippen LogP) is 3.31. The molecule has 1 atom stereocenters. The van der Waals surface area contributed by atoms with Crippen LogP contribution in [0.3, 0.4) is 0 Å². The van der Waals surface area contributed by atoms with Crippen molar-refractivity contribution >= 4 is 11.6 Å². The Hall–Kier alpha value is -2.47. The predicted molar refractivity (Wildman–Crippen MR) is 87.2 cm³/mol. The fourth-order valence-corrected chi connectivity index (χ4v) is 2.55. The molecule has 0 saturated carbocycles. The quantitative estimate of drug-likeness (QED) is 0.883. The Labute approximate surface area is 139 Å². The SMILES string of the molecule is O=C(C[C@H]1CCCO1)Nc1ccc(OCc2ccccn2)c(F)c1. The summed E-state index contributed by atoms with van der Waals surface area (Å²) in [6, 6.07) is 9.82. The van der Waals surface area contributed by atoms with Gasteiger partial charge in [0.15, 0.2) is 11.6 Å². The van der Waals surface area contributed by atoms with E-state index in [4.69, 9.17) is 9.47 Å². The van der Waals surface area contributed by atoms with Crippen molar-refractivity contribution in [2.45, 2.75) is 32.0 Å². The van der Waals surface area contributed by atoms with Crippen molar-refractivity contribution in [2.24, 2.45) is 0 Å². The van der Waals surface area contributed by atoms with Crippen LogP contribution in [-0.2, 0) is 16.1 Å². The first-order valence-corrected chi connectivity index (χ1v) is 7.94. The molecule has 1 aliphatic heterocycles. The van der Waals surface area contributed by atoms with E-state index >= 15 is 0 Å². The monoisotopic (exact) mass is 330 g/mol. The molecule has 0 radical (unpaired) electrons. The second-order valence-electron chi connectivity index (χ2n) is 5.64. The topological polar surface area (TPSA) is 60.5 Å². The van der Waals surface area contributed by atoms with Gasteiger partial charge in [-0.25, -0.2) is 4.39 Å². The van der Waals surface area contributed by atoms with E-state index in [1.807, 2.05) is 6.07 Å². The summed E-state index contributed by atoms with van der Waals surface area (Å²) in [6.07, 6.45) is 3.79. The van der Waals surface area contributed by atoms with E-state index in [9.17, 15) is 9.18 Å². The van der Waals surface area contributed by atoms with Gasteiger partial charge in [-0.15, -0.1) is 0 Å². The maximum atomic E-state index is 14.1. The smallest absolute Gasteiger partial charge is 0.226 e. The third kappa shape index (κ3) is 4.52. The van der Waals surface area contributed by atoms with E-state index in [1.54, 1.807) is 24.4 Å². The molecular weight excluding hydrogens is 311 g/mol. The van der Waals surface area contributed by atoms with Crippen LogP contribution in [0.1, 0.15) is 25.0 Å². The fraction of sp³-hybridized carbons (Fsp3) is 0.333. The van der Waals surface area contributed by atoms with Gasteiger partial charge in [-0.3, -0.25) is 9.78 Å². The van der Waals surface area contributed by atoms with Crippen molar-refractivity contribution in [1.82, 2.24) is 4.98 Å². The molecular formula is C18H19FN2O3. The van der Waals surface area contributed by atoms with Crippen LogP contribution in [0.15, 0.2) is 42.6 Å². The molecule has 0 aliphatic carbocycles. The van der Waals surface area contributed by atoms with Gasteiger partial charge in [0.2, 0.25) is 5.91 Å². The maximum Gasteiger partial charge on any atom is 0.226 e. The second kappa shape index (κ2) is 7.88. The van der Waals surface area contributed by atoms with Crippen molar-refractivity contribution in [3.05, 3.63) is 54.1 Å². The van der Waals surface area contributed by atoms with Gasteiger partial charge < -0.3 is 14.8 Å². The molecule has 6 heteroatoms. The molecule has 2 aromatic rings. The van der Waals surface area contributed by atoms with E-state index in [-0.39, 0.29) is 24.4 Å². The first kappa shape index (κ1) is 16.4. The largest absolute Gasteiger partial charge is 0.484 e. The number of rotatable bonds is 6. The minimum absolute atomic E-state index is 0.0316. The molecule has 1 fully saturated rings. The molecule has 1 N–H and O–H groups in total. The minimum Gasteiger partial charge on any atom is -0.484 e. The Bertz CT molecular complexity index is 688. The average molecular weight is 330 g/mol. The van der Waals surface area contributed by atoms with Crippen molar-refractivity contribution in [1.29, 1.82) is 0 Å². The number of hydrogen-bond acceptors (Lipinski definition) is 4. The number of amides is 1. The summed E-state index contributed by atoms with van der Waals surface area (Å²) in [5, 5.41) is 2.68. The van der Waals surface area contributed by atoms with E-state index in [1.165, 1.54) is 12.1 Å². The molecule has 0 bridgehead atoms. The number of carbonyl (C=O) groups is 1. The number of pyridine rings is 1. The van der Waals surface area contributed by atoms with E-state index < -0.39 is 5.82 Å². The number of halogens is 1. The number of ether oxygens (including phenoxy) is 2. The lowest BCUT2D eigenvalue weighted by Gasteiger charge is -2.11. The summed E-state index contributed by atoms with van der Waals surface area (Å²) in [4.78, 5) is 16.0. The van der Waals surface area contributed by atoms with Crippen LogP contribution in [0.4, 0.5) is 10.1 Å². The number of carbonyl (C=O) groups excluding carboxylic acids is 1. The van der Waals surface area contributed by atoms with Gasteiger partial charge >= 0.3 is 0 Å². The van der Waals surface area contributed by atoms with E-state index in [0.29, 0.717) is 24.4 Å². The number of anilines is 1. The molecule has 1 saturated heterocycles. The Morgan fingerprint density at radius 3 is 3.00 bits per heavy atom. The Morgan fingerprint density at radius 2 is 2.29 bits per heavy atom. The summed E-state index contributed by atoms with van der Waals surface area (Å²) < 4.78 is 24.9. The molecule has 24 heavy (non-hydrogen) atoms. The fourth-order valence-electron chi connectivity index (χ4n) is 2.55. The van der Waals surface area contributed by atoms with Crippen LogP contribution < -0.4 is 10.1 Å². The summed E-state index contributed by atoms with van der Waals surface area (Å²) in [5.41, 5.74) is 1.12. The lowest BCUT2D eigenvalue weighted by molar-refractivity contribution is -0.118. The van der Waals surface area contributed by atoms with Crippen LogP contribution in [0, 0.1) is 5.82 Å². The Kier molecular flexibility index (Phi) is 5.38. The molecule has 1 aromatic carbocycles. The first-order chi connectivity index (χ1) is 11.7. The molecule has 1 amide bonds. The lowest BCUT2D eigenvalue weighted by atomic mass is 10.1. The standard InChI is InChI=1S/C18H19FN2O3/c19-16-10-13(21-18(22)11-15-5-3-9-23-15)6-7-17(16)24-12-14-4-1-2-8-20-14/h1-2,4,6-8,10,15H,3,5,9,11-12H2,(H,21,22)/t15-/m1/s1. The lowest BCUT2D eigenvalue weighted by Crippen LogP contribution is -2.19. The number of nitrogens with one attached hydrogen (secondary N) is 1. The number of aromatic nitrogens is 1. The summed E-state index contributed by atoms with van der Waals surface area (Å²) >= 11 is 0. The molecule has 126 valence electrons. The minimum atomic E-state index is -0.527. The van der Waals surface area contributed by atoms with Gasteiger partial charge in [-0.1, -0.05) is 6.07 Å². The highest BCUT2D eigenvalue weighted by atomic mass is 19.1. The molecule has 0 spiro atoms. The normalized spacial score (nSPS) is 16.8. The van der Waals surface area contributed by atoms with Crippen LogP contribution >= 0.6 is 0 Å². The van der Waals surface area contributed by atoms with Crippen LogP contribution in [0.5, 0.6) is 5.75 Å². The molecule has 1 aromatic heterocycles. The maximum absolute atomic E-state index is 14.1. The number of nitrogens with zero attached hydrogens (tertiary/aromatic N) is 1. The van der Waals surface area contributed by atoms with Crippen LogP contribution in [0.2, 0.25) is 0 Å². The van der Waals surface area contributed by atoms with Crippen molar-refractivity contribution < 1.29 is 18.7 Å². The molecule has 0 unspecified atom stereocenters. The zero-order valence-corrected chi connectivity index (χ0v) is 13.2. The van der Waals surface area contributed by atoms with Crippen molar-refractivity contribution in [3.63, 3.8) is 0 Å². The summed E-state index contributed by atoms with van der Waals surface area (Å²) in [6.45, 7) is 0.886.